The Hall–Kier alpha value is -3.09. The Bertz CT molecular complexity index is 1330. The first-order valence-electron chi connectivity index (χ1n) is 10.6. The lowest BCUT2D eigenvalue weighted by molar-refractivity contribution is 0.314. The van der Waals surface area contributed by atoms with Gasteiger partial charge in [-0.15, -0.1) is 0 Å². The third-order valence-corrected chi connectivity index (χ3v) is 7.68. The van der Waals surface area contributed by atoms with Gasteiger partial charge in [-0.1, -0.05) is 11.3 Å². The van der Waals surface area contributed by atoms with E-state index in [1.165, 1.54) is 12.8 Å². The number of pyridine rings is 1. The molecule has 4 aromatic heterocycles. The molecule has 8 nitrogen and oxygen atoms in total. The highest BCUT2D eigenvalue weighted by Crippen LogP contribution is 2.40. The molecule has 156 valence electrons. The second kappa shape index (κ2) is 6.97. The lowest BCUT2D eigenvalue weighted by Crippen LogP contribution is -2.50. The summed E-state index contributed by atoms with van der Waals surface area (Å²) in [5, 5.41) is 14.1. The smallest absolute Gasteiger partial charge is 0.188 e. The van der Waals surface area contributed by atoms with Gasteiger partial charge in [0.25, 0.3) is 0 Å². The molecule has 1 aliphatic carbocycles. The van der Waals surface area contributed by atoms with Crippen LogP contribution in [0.2, 0.25) is 0 Å². The number of aryl methyl sites for hydroxylation is 1. The summed E-state index contributed by atoms with van der Waals surface area (Å²) in [7, 11) is 2.17. The molecule has 0 spiro atoms. The summed E-state index contributed by atoms with van der Waals surface area (Å²) >= 11 is 1.62. The number of hydrogen-bond acceptors (Lipinski definition) is 8. The average Bonchev–Trinajstić information content (AvgIpc) is 3.44. The molecule has 2 fully saturated rings. The van der Waals surface area contributed by atoms with Crippen molar-refractivity contribution in [3.05, 3.63) is 35.9 Å². The molecule has 31 heavy (non-hydrogen) atoms. The molecule has 0 aromatic carbocycles. The number of imidazole rings is 1. The fourth-order valence-electron chi connectivity index (χ4n) is 5.25. The van der Waals surface area contributed by atoms with Crippen LogP contribution >= 0.6 is 11.3 Å². The van der Waals surface area contributed by atoms with Gasteiger partial charge < -0.3 is 14.6 Å². The predicted octanol–water partition coefficient (Wildman–Crippen LogP) is 3.02. The van der Waals surface area contributed by atoms with Gasteiger partial charge in [-0.05, 0) is 50.8 Å². The molecule has 2 atom stereocenters. The zero-order valence-corrected chi connectivity index (χ0v) is 18.2. The Morgan fingerprint density at radius 1 is 1.19 bits per heavy atom. The molecule has 9 heteroatoms. The van der Waals surface area contributed by atoms with Crippen molar-refractivity contribution in [2.75, 3.05) is 25.0 Å². The Morgan fingerprint density at radius 2 is 2.00 bits per heavy atom. The number of nitriles is 1. The van der Waals surface area contributed by atoms with Gasteiger partial charge in [0.15, 0.2) is 16.6 Å². The van der Waals surface area contributed by atoms with E-state index in [2.05, 4.69) is 33.3 Å². The Morgan fingerprint density at radius 3 is 2.77 bits per heavy atom. The van der Waals surface area contributed by atoms with Crippen LogP contribution in [0, 0.1) is 30.1 Å². The largest absolute Gasteiger partial charge is 0.347 e. The van der Waals surface area contributed by atoms with Crippen LogP contribution in [0.5, 0.6) is 0 Å². The van der Waals surface area contributed by atoms with Crippen molar-refractivity contribution in [1.82, 2.24) is 29.7 Å². The topological polar surface area (TPSA) is 95.0 Å². The van der Waals surface area contributed by atoms with Gasteiger partial charge in [-0.2, -0.15) is 5.26 Å². The average molecular weight is 431 g/mol. The molecule has 0 amide bonds. The lowest BCUT2D eigenvalue weighted by atomic mass is 9.93. The minimum absolute atomic E-state index is 0.514. The SMILES string of the molecule is Cc1cn2cc(-c3ncc4nc(N(C)C5C6CCC5CNC6)sc4n3)cc(C#N)c2n1. The maximum absolute atomic E-state index is 9.56. The van der Waals surface area contributed by atoms with Crippen LogP contribution in [0.15, 0.2) is 24.7 Å². The van der Waals surface area contributed by atoms with Gasteiger partial charge in [0.2, 0.25) is 0 Å². The van der Waals surface area contributed by atoms with Crippen molar-refractivity contribution in [2.24, 2.45) is 11.8 Å². The maximum Gasteiger partial charge on any atom is 0.188 e. The zero-order chi connectivity index (χ0) is 21.1. The fourth-order valence-corrected chi connectivity index (χ4v) is 6.17. The third kappa shape index (κ3) is 2.98. The van der Waals surface area contributed by atoms with E-state index in [1.54, 1.807) is 17.5 Å². The van der Waals surface area contributed by atoms with E-state index >= 15 is 0 Å². The maximum atomic E-state index is 9.56. The van der Waals surface area contributed by atoms with Crippen molar-refractivity contribution in [3.63, 3.8) is 0 Å². The van der Waals surface area contributed by atoms with Crippen LogP contribution in [0.4, 0.5) is 5.13 Å². The molecule has 1 aliphatic heterocycles. The molecule has 1 saturated heterocycles. The van der Waals surface area contributed by atoms with Crippen molar-refractivity contribution in [1.29, 1.82) is 5.26 Å². The summed E-state index contributed by atoms with van der Waals surface area (Å²) in [5.41, 5.74) is 3.65. The Balaban J connectivity index is 1.38. The molecule has 5 heterocycles. The van der Waals surface area contributed by atoms with Crippen LogP contribution in [0.1, 0.15) is 24.1 Å². The highest BCUT2D eigenvalue weighted by Gasteiger charge is 2.42. The molecule has 1 N–H and O–H groups in total. The summed E-state index contributed by atoms with van der Waals surface area (Å²) in [5.74, 6) is 1.97. The minimum atomic E-state index is 0.514. The van der Waals surface area contributed by atoms with E-state index in [0.717, 1.165) is 39.8 Å². The molecule has 6 rings (SSSR count). The summed E-state index contributed by atoms with van der Waals surface area (Å²) < 4.78 is 1.87. The van der Waals surface area contributed by atoms with Gasteiger partial charge in [0.1, 0.15) is 16.4 Å². The first kappa shape index (κ1) is 18.7. The number of nitrogens with one attached hydrogen (secondary N) is 1. The summed E-state index contributed by atoms with van der Waals surface area (Å²) in [6.45, 7) is 4.11. The molecule has 2 unspecified atom stereocenters. The molecular weight excluding hydrogens is 408 g/mol. The minimum Gasteiger partial charge on any atom is -0.347 e. The highest BCUT2D eigenvalue weighted by molar-refractivity contribution is 7.21. The van der Waals surface area contributed by atoms with E-state index in [0.29, 0.717) is 34.9 Å². The molecular formula is C22H22N8S. The van der Waals surface area contributed by atoms with E-state index in [-0.39, 0.29) is 0 Å². The van der Waals surface area contributed by atoms with Crippen molar-refractivity contribution in [3.8, 4) is 17.5 Å². The summed E-state index contributed by atoms with van der Waals surface area (Å²) in [4.78, 5) is 21.9. The van der Waals surface area contributed by atoms with Crippen LogP contribution in [0.3, 0.4) is 0 Å². The lowest BCUT2D eigenvalue weighted by Gasteiger charge is -2.37. The van der Waals surface area contributed by atoms with Crippen LogP contribution < -0.4 is 10.2 Å². The third-order valence-electron chi connectivity index (χ3n) is 6.63. The summed E-state index contributed by atoms with van der Waals surface area (Å²) in [6, 6.07) is 4.59. The van der Waals surface area contributed by atoms with Gasteiger partial charge in [0, 0.05) is 31.0 Å². The second-order valence-corrected chi connectivity index (χ2v) is 9.56. The van der Waals surface area contributed by atoms with Crippen LogP contribution in [-0.2, 0) is 0 Å². The van der Waals surface area contributed by atoms with E-state index in [1.807, 2.05) is 29.8 Å². The standard InChI is InChI=1S/C22H22N8S/c1-12-10-30-11-16(5-15(6-23)20(30)26-12)19-25-9-17-21(28-19)31-22(27-17)29(2)18-13-3-4-14(18)8-24-7-13/h5,9-11,13-14,18,24H,3-4,7-8H2,1-2H3. The number of anilines is 1. The number of piperidine rings is 1. The molecule has 0 radical (unpaired) electrons. The molecule has 4 aromatic rings. The fraction of sp³-hybridized carbons (Fsp3) is 0.409. The molecule has 2 bridgehead atoms. The van der Waals surface area contributed by atoms with Crippen molar-refractivity contribution in [2.45, 2.75) is 25.8 Å². The molecule has 1 saturated carbocycles. The predicted molar refractivity (Wildman–Crippen MR) is 120 cm³/mol. The van der Waals surface area contributed by atoms with Gasteiger partial charge in [0.05, 0.1) is 17.5 Å². The van der Waals surface area contributed by atoms with Gasteiger partial charge in [-0.3, -0.25) is 0 Å². The normalized spacial score (nSPS) is 22.8. The van der Waals surface area contributed by atoms with Gasteiger partial charge >= 0.3 is 0 Å². The quantitative estimate of drug-likeness (QED) is 0.534. The zero-order valence-electron chi connectivity index (χ0n) is 17.4. The Labute approximate surface area is 183 Å². The van der Waals surface area contributed by atoms with Gasteiger partial charge in [-0.25, -0.2) is 19.9 Å². The Kier molecular flexibility index (Phi) is 4.20. The van der Waals surface area contributed by atoms with E-state index in [9.17, 15) is 5.26 Å². The number of rotatable bonds is 3. The van der Waals surface area contributed by atoms with E-state index < -0.39 is 0 Å². The van der Waals surface area contributed by atoms with Crippen molar-refractivity contribution >= 4 is 32.5 Å². The van der Waals surface area contributed by atoms with Crippen molar-refractivity contribution < 1.29 is 0 Å². The number of nitrogens with zero attached hydrogens (tertiary/aromatic N) is 7. The van der Waals surface area contributed by atoms with Crippen LogP contribution in [-0.4, -0.2) is 50.5 Å². The number of hydrogen-bond donors (Lipinski definition) is 1. The highest BCUT2D eigenvalue weighted by atomic mass is 32.1. The number of aromatic nitrogens is 5. The first-order chi connectivity index (χ1) is 15.1. The monoisotopic (exact) mass is 430 g/mol. The molecule has 2 aliphatic rings. The number of fused-ring (bicyclic) bond motifs is 4. The van der Waals surface area contributed by atoms with E-state index in [4.69, 9.17) is 9.97 Å². The first-order valence-corrected chi connectivity index (χ1v) is 11.4. The van der Waals surface area contributed by atoms with Crippen LogP contribution in [0.25, 0.3) is 27.4 Å². The summed E-state index contributed by atoms with van der Waals surface area (Å²) in [6.07, 6.45) is 8.21. The number of thiazole rings is 1. The second-order valence-electron chi connectivity index (χ2n) is 8.61.